The van der Waals surface area contributed by atoms with Crippen molar-refractivity contribution in [1.82, 2.24) is 4.90 Å². The third kappa shape index (κ3) is 3.58. The second-order valence-electron chi connectivity index (χ2n) is 5.37. The van der Waals surface area contributed by atoms with Crippen LogP contribution in [0.1, 0.15) is 42.6 Å². The second-order valence-corrected chi connectivity index (χ2v) is 5.37. The molecule has 106 valence electrons. The standard InChI is InChI=1S/C16H20N2O2/c1-12(2)20-15-6-8-18(9-7-15)16(19)14-5-3-4-13(10-14)11-17/h3-5,10,12,15H,6-9H2,1-2H3. The molecule has 1 amide bonds. The summed E-state index contributed by atoms with van der Waals surface area (Å²) in [5, 5.41) is 8.88. The minimum atomic E-state index is 0.00472. The van der Waals surface area contributed by atoms with Crippen molar-refractivity contribution in [2.45, 2.75) is 38.9 Å². The quantitative estimate of drug-likeness (QED) is 0.849. The van der Waals surface area contributed by atoms with Crippen LogP contribution in [0.5, 0.6) is 0 Å². The molecule has 0 aliphatic carbocycles. The van der Waals surface area contributed by atoms with Crippen molar-refractivity contribution < 1.29 is 9.53 Å². The van der Waals surface area contributed by atoms with Crippen LogP contribution >= 0.6 is 0 Å². The molecule has 4 heteroatoms. The molecular formula is C16H20N2O2. The SMILES string of the molecule is CC(C)OC1CCN(C(=O)c2cccc(C#N)c2)CC1. The Bertz CT molecular complexity index is 511. The number of hydrogen-bond donors (Lipinski definition) is 0. The predicted octanol–water partition coefficient (Wildman–Crippen LogP) is 2.59. The Labute approximate surface area is 120 Å². The Morgan fingerprint density at radius 3 is 2.70 bits per heavy atom. The molecule has 1 aromatic rings. The van der Waals surface area contributed by atoms with Gasteiger partial charge in [-0.3, -0.25) is 4.79 Å². The van der Waals surface area contributed by atoms with E-state index in [1.54, 1.807) is 24.3 Å². The maximum absolute atomic E-state index is 12.4. The van der Waals surface area contributed by atoms with Gasteiger partial charge in [-0.15, -0.1) is 0 Å². The molecule has 2 rings (SSSR count). The lowest BCUT2D eigenvalue weighted by atomic mass is 10.1. The molecule has 0 atom stereocenters. The van der Waals surface area contributed by atoms with Crippen LogP contribution in [0.4, 0.5) is 0 Å². The van der Waals surface area contributed by atoms with Crippen molar-refractivity contribution in [1.29, 1.82) is 5.26 Å². The number of amides is 1. The van der Waals surface area contributed by atoms with E-state index in [0.717, 1.165) is 12.8 Å². The zero-order chi connectivity index (χ0) is 14.5. The molecule has 0 saturated carbocycles. The summed E-state index contributed by atoms with van der Waals surface area (Å²) in [6.45, 7) is 5.50. The van der Waals surface area contributed by atoms with Crippen molar-refractivity contribution in [2.24, 2.45) is 0 Å². The Morgan fingerprint density at radius 1 is 1.40 bits per heavy atom. The van der Waals surface area contributed by atoms with Crippen LogP contribution in [0.15, 0.2) is 24.3 Å². The van der Waals surface area contributed by atoms with Gasteiger partial charge in [-0.1, -0.05) is 6.07 Å². The number of rotatable bonds is 3. The van der Waals surface area contributed by atoms with E-state index in [4.69, 9.17) is 10.00 Å². The zero-order valence-corrected chi connectivity index (χ0v) is 12.0. The number of carbonyl (C=O) groups is 1. The lowest BCUT2D eigenvalue weighted by Gasteiger charge is -2.32. The van der Waals surface area contributed by atoms with Crippen molar-refractivity contribution in [3.05, 3.63) is 35.4 Å². The minimum Gasteiger partial charge on any atom is -0.375 e. The van der Waals surface area contributed by atoms with E-state index in [0.29, 0.717) is 24.2 Å². The van der Waals surface area contributed by atoms with E-state index in [-0.39, 0.29) is 18.1 Å². The maximum Gasteiger partial charge on any atom is 0.253 e. The van der Waals surface area contributed by atoms with E-state index in [1.165, 1.54) is 0 Å². The lowest BCUT2D eigenvalue weighted by molar-refractivity contribution is -0.0236. The largest absolute Gasteiger partial charge is 0.375 e. The van der Waals surface area contributed by atoms with Gasteiger partial charge in [0.15, 0.2) is 0 Å². The first-order valence-corrected chi connectivity index (χ1v) is 7.05. The average molecular weight is 272 g/mol. The van der Waals surface area contributed by atoms with Crippen LogP contribution in [0.25, 0.3) is 0 Å². The third-order valence-electron chi connectivity index (χ3n) is 3.43. The predicted molar refractivity (Wildman–Crippen MR) is 76.3 cm³/mol. The van der Waals surface area contributed by atoms with Gasteiger partial charge in [0.05, 0.1) is 23.8 Å². The van der Waals surface area contributed by atoms with Crippen molar-refractivity contribution in [3.63, 3.8) is 0 Å². The molecule has 1 aliphatic rings. The molecule has 0 N–H and O–H groups in total. The molecule has 0 spiro atoms. The van der Waals surface area contributed by atoms with E-state index in [1.807, 2.05) is 18.7 Å². The van der Waals surface area contributed by atoms with Gasteiger partial charge >= 0.3 is 0 Å². The summed E-state index contributed by atoms with van der Waals surface area (Å²) in [4.78, 5) is 14.2. The normalized spacial score (nSPS) is 16.2. The number of benzene rings is 1. The fraction of sp³-hybridized carbons (Fsp3) is 0.500. The topological polar surface area (TPSA) is 53.3 Å². The molecule has 0 radical (unpaired) electrons. The van der Waals surface area contributed by atoms with Crippen LogP contribution in [0.3, 0.4) is 0 Å². The third-order valence-corrected chi connectivity index (χ3v) is 3.43. The van der Waals surface area contributed by atoms with Gasteiger partial charge in [-0.05, 0) is 44.9 Å². The van der Waals surface area contributed by atoms with Crippen molar-refractivity contribution in [2.75, 3.05) is 13.1 Å². The Balaban J connectivity index is 1.96. The van der Waals surface area contributed by atoms with Crippen molar-refractivity contribution in [3.8, 4) is 6.07 Å². The first-order valence-electron chi connectivity index (χ1n) is 7.05. The Kier molecular flexibility index (Phi) is 4.75. The molecule has 4 nitrogen and oxygen atoms in total. The highest BCUT2D eigenvalue weighted by molar-refractivity contribution is 5.94. The average Bonchev–Trinajstić information content (AvgIpc) is 2.47. The van der Waals surface area contributed by atoms with Gasteiger partial charge < -0.3 is 9.64 Å². The summed E-state index contributed by atoms with van der Waals surface area (Å²) in [5.41, 5.74) is 1.11. The maximum atomic E-state index is 12.4. The van der Waals surface area contributed by atoms with E-state index in [2.05, 4.69) is 6.07 Å². The smallest absolute Gasteiger partial charge is 0.253 e. The summed E-state index contributed by atoms with van der Waals surface area (Å²) in [6, 6.07) is 8.94. The fourth-order valence-corrected chi connectivity index (χ4v) is 2.48. The number of ether oxygens (including phenoxy) is 1. The summed E-state index contributed by atoms with van der Waals surface area (Å²) in [5.74, 6) is 0.00472. The minimum absolute atomic E-state index is 0.00472. The van der Waals surface area contributed by atoms with Crippen LogP contribution in [-0.2, 0) is 4.74 Å². The molecule has 0 bridgehead atoms. The van der Waals surface area contributed by atoms with Crippen LogP contribution in [-0.4, -0.2) is 36.1 Å². The summed E-state index contributed by atoms with van der Waals surface area (Å²) >= 11 is 0. The Morgan fingerprint density at radius 2 is 2.10 bits per heavy atom. The second kappa shape index (κ2) is 6.53. The van der Waals surface area contributed by atoms with Crippen LogP contribution < -0.4 is 0 Å². The number of hydrogen-bond acceptors (Lipinski definition) is 3. The lowest BCUT2D eigenvalue weighted by Crippen LogP contribution is -2.41. The van der Waals surface area contributed by atoms with Crippen LogP contribution in [0.2, 0.25) is 0 Å². The molecule has 0 aromatic heterocycles. The highest BCUT2D eigenvalue weighted by Gasteiger charge is 2.24. The van der Waals surface area contributed by atoms with Gasteiger partial charge in [0.25, 0.3) is 5.91 Å². The molecule has 1 fully saturated rings. The zero-order valence-electron chi connectivity index (χ0n) is 12.0. The fourth-order valence-electron chi connectivity index (χ4n) is 2.48. The summed E-state index contributed by atoms with van der Waals surface area (Å²) < 4.78 is 5.78. The molecular weight excluding hydrogens is 252 g/mol. The van der Waals surface area contributed by atoms with Gasteiger partial charge in [0, 0.05) is 18.7 Å². The van der Waals surface area contributed by atoms with Gasteiger partial charge in [-0.2, -0.15) is 5.26 Å². The Hall–Kier alpha value is -1.86. The van der Waals surface area contributed by atoms with E-state index >= 15 is 0 Å². The number of nitriles is 1. The summed E-state index contributed by atoms with van der Waals surface area (Å²) in [6.07, 6.45) is 2.24. The van der Waals surface area contributed by atoms with Gasteiger partial charge in [-0.25, -0.2) is 0 Å². The highest BCUT2D eigenvalue weighted by atomic mass is 16.5. The number of likely N-dealkylation sites (tertiary alicyclic amines) is 1. The number of carbonyl (C=O) groups excluding carboxylic acids is 1. The molecule has 1 aliphatic heterocycles. The van der Waals surface area contributed by atoms with Gasteiger partial charge in [0.2, 0.25) is 0 Å². The molecule has 1 heterocycles. The highest BCUT2D eigenvalue weighted by Crippen LogP contribution is 2.18. The number of nitrogens with zero attached hydrogens (tertiary/aromatic N) is 2. The van der Waals surface area contributed by atoms with Crippen LogP contribution in [0, 0.1) is 11.3 Å². The monoisotopic (exact) mass is 272 g/mol. The first-order chi connectivity index (χ1) is 9.60. The number of piperidine rings is 1. The van der Waals surface area contributed by atoms with E-state index < -0.39 is 0 Å². The molecule has 20 heavy (non-hydrogen) atoms. The van der Waals surface area contributed by atoms with Crippen molar-refractivity contribution >= 4 is 5.91 Å². The van der Waals surface area contributed by atoms with Gasteiger partial charge in [0.1, 0.15) is 0 Å². The first kappa shape index (κ1) is 14.5. The van der Waals surface area contributed by atoms with E-state index in [9.17, 15) is 4.79 Å². The summed E-state index contributed by atoms with van der Waals surface area (Å²) in [7, 11) is 0. The molecule has 1 saturated heterocycles. The molecule has 1 aromatic carbocycles. The molecule has 0 unspecified atom stereocenters.